The number of aliphatic hydroxyl groups is 1. The fraction of sp³-hybridized carbons (Fsp3) is 0.364. The summed E-state index contributed by atoms with van der Waals surface area (Å²) in [6, 6.07) is 0.692. The zero-order valence-corrected chi connectivity index (χ0v) is 10.4. The Labute approximate surface area is 107 Å². The fourth-order valence-electron chi connectivity index (χ4n) is 1.39. The van der Waals surface area contributed by atoms with Crippen LogP contribution < -0.4 is 4.74 Å². The van der Waals surface area contributed by atoms with E-state index in [9.17, 15) is 18.7 Å². The molecular formula is C11H11ClF2O4. The number of methoxy groups -OCH3 is 1. The van der Waals surface area contributed by atoms with Crippen LogP contribution in [0.2, 0.25) is 5.02 Å². The molecule has 0 amide bonds. The highest BCUT2D eigenvalue weighted by atomic mass is 35.5. The van der Waals surface area contributed by atoms with Gasteiger partial charge in [0.2, 0.25) is 0 Å². The van der Waals surface area contributed by atoms with Crippen LogP contribution in [0, 0.1) is 11.6 Å². The van der Waals surface area contributed by atoms with Gasteiger partial charge in [-0.2, -0.15) is 0 Å². The molecule has 7 heteroatoms. The quantitative estimate of drug-likeness (QED) is 0.679. The molecule has 18 heavy (non-hydrogen) atoms. The number of carbonyl (C=O) groups is 1. The Morgan fingerprint density at radius 1 is 1.56 bits per heavy atom. The number of halogens is 3. The summed E-state index contributed by atoms with van der Waals surface area (Å²) in [6.45, 7) is 1.50. The zero-order valence-electron chi connectivity index (χ0n) is 9.67. The van der Waals surface area contributed by atoms with Crippen molar-refractivity contribution in [3.8, 4) is 5.75 Å². The van der Waals surface area contributed by atoms with Crippen LogP contribution >= 0.6 is 11.6 Å². The maximum absolute atomic E-state index is 13.6. The SMILES string of the molecule is CCOC(=O)C(O)c1c(F)c(F)cc(Cl)c1OC. The monoisotopic (exact) mass is 280 g/mol. The van der Waals surface area contributed by atoms with Crippen LogP contribution in [0.5, 0.6) is 5.75 Å². The molecule has 0 radical (unpaired) electrons. The molecule has 1 rings (SSSR count). The van der Waals surface area contributed by atoms with Crippen molar-refractivity contribution in [3.63, 3.8) is 0 Å². The molecule has 4 nitrogen and oxygen atoms in total. The van der Waals surface area contributed by atoms with Crippen molar-refractivity contribution in [1.82, 2.24) is 0 Å². The minimum atomic E-state index is -2.01. The first-order valence-electron chi connectivity index (χ1n) is 5.00. The van der Waals surface area contributed by atoms with Gasteiger partial charge in [0.25, 0.3) is 0 Å². The van der Waals surface area contributed by atoms with Crippen molar-refractivity contribution in [2.24, 2.45) is 0 Å². The number of rotatable bonds is 4. The van der Waals surface area contributed by atoms with Crippen LogP contribution in [-0.4, -0.2) is 24.8 Å². The van der Waals surface area contributed by atoms with Gasteiger partial charge >= 0.3 is 5.97 Å². The van der Waals surface area contributed by atoms with Gasteiger partial charge in [0.05, 0.1) is 24.3 Å². The van der Waals surface area contributed by atoms with Gasteiger partial charge in [0.1, 0.15) is 5.75 Å². The number of esters is 1. The lowest BCUT2D eigenvalue weighted by molar-refractivity contribution is -0.153. The van der Waals surface area contributed by atoms with Crippen LogP contribution in [0.1, 0.15) is 18.6 Å². The second kappa shape index (κ2) is 5.97. The van der Waals surface area contributed by atoms with Gasteiger partial charge < -0.3 is 14.6 Å². The van der Waals surface area contributed by atoms with Crippen molar-refractivity contribution in [2.45, 2.75) is 13.0 Å². The Hall–Kier alpha value is -1.40. The van der Waals surface area contributed by atoms with Gasteiger partial charge in [-0.1, -0.05) is 11.6 Å². The summed E-state index contributed by atoms with van der Waals surface area (Å²) < 4.78 is 36.1. The van der Waals surface area contributed by atoms with Crippen molar-refractivity contribution in [3.05, 3.63) is 28.3 Å². The minimum Gasteiger partial charge on any atom is -0.495 e. The third-order valence-electron chi connectivity index (χ3n) is 2.15. The van der Waals surface area contributed by atoms with Crippen LogP contribution in [-0.2, 0) is 9.53 Å². The predicted octanol–water partition coefficient (Wildman–Crippen LogP) is 2.22. The Balaban J connectivity index is 3.33. The average molecular weight is 281 g/mol. The molecule has 100 valence electrons. The summed E-state index contributed by atoms with van der Waals surface area (Å²) in [5.41, 5.74) is -0.680. The molecule has 1 aromatic rings. The molecule has 1 aromatic carbocycles. The highest BCUT2D eigenvalue weighted by Gasteiger charge is 2.30. The fourth-order valence-corrected chi connectivity index (χ4v) is 1.66. The maximum Gasteiger partial charge on any atom is 0.339 e. The second-order valence-electron chi connectivity index (χ2n) is 3.26. The van der Waals surface area contributed by atoms with E-state index in [4.69, 9.17) is 16.3 Å². The van der Waals surface area contributed by atoms with E-state index < -0.39 is 29.3 Å². The lowest BCUT2D eigenvalue weighted by Crippen LogP contribution is -2.18. The zero-order chi connectivity index (χ0) is 13.9. The summed E-state index contributed by atoms with van der Waals surface area (Å²) in [6.07, 6.45) is -2.01. The van der Waals surface area contributed by atoms with E-state index in [1.807, 2.05) is 0 Å². The molecule has 0 aliphatic rings. The predicted molar refractivity (Wildman–Crippen MR) is 59.5 cm³/mol. The van der Waals surface area contributed by atoms with Crippen molar-refractivity contribution >= 4 is 17.6 Å². The Morgan fingerprint density at radius 3 is 2.67 bits per heavy atom. The molecule has 0 aliphatic heterocycles. The van der Waals surface area contributed by atoms with Gasteiger partial charge in [-0.15, -0.1) is 0 Å². The summed E-state index contributed by atoms with van der Waals surface area (Å²) in [7, 11) is 1.15. The smallest absolute Gasteiger partial charge is 0.339 e. The Morgan fingerprint density at radius 2 is 2.17 bits per heavy atom. The lowest BCUT2D eigenvalue weighted by atomic mass is 10.1. The molecule has 0 saturated carbocycles. The van der Waals surface area contributed by atoms with Crippen LogP contribution in [0.3, 0.4) is 0 Å². The number of benzene rings is 1. The molecule has 1 N–H and O–H groups in total. The van der Waals surface area contributed by atoms with Gasteiger partial charge in [0.15, 0.2) is 17.7 Å². The summed E-state index contributed by atoms with van der Waals surface area (Å²) in [4.78, 5) is 11.3. The molecular weight excluding hydrogens is 270 g/mol. The highest BCUT2D eigenvalue weighted by Crippen LogP contribution is 2.36. The molecule has 0 aromatic heterocycles. The Bertz CT molecular complexity index is 465. The van der Waals surface area contributed by atoms with E-state index in [2.05, 4.69) is 4.74 Å². The molecule has 0 heterocycles. The number of aliphatic hydroxyl groups excluding tert-OH is 1. The van der Waals surface area contributed by atoms with Crippen LogP contribution in [0.15, 0.2) is 6.07 Å². The Kier molecular flexibility index (Phi) is 4.86. The minimum absolute atomic E-state index is 0.0110. The van der Waals surface area contributed by atoms with Crippen molar-refractivity contribution in [2.75, 3.05) is 13.7 Å². The number of hydrogen-bond donors (Lipinski definition) is 1. The molecule has 0 aliphatic carbocycles. The second-order valence-corrected chi connectivity index (χ2v) is 3.66. The van der Waals surface area contributed by atoms with Crippen LogP contribution in [0.25, 0.3) is 0 Å². The number of hydrogen-bond acceptors (Lipinski definition) is 4. The average Bonchev–Trinajstić information content (AvgIpc) is 2.32. The first-order valence-corrected chi connectivity index (χ1v) is 5.37. The van der Waals surface area contributed by atoms with Gasteiger partial charge in [0, 0.05) is 0 Å². The number of ether oxygens (including phenoxy) is 2. The summed E-state index contributed by atoms with van der Waals surface area (Å²) in [5.74, 6) is -4.12. The molecule has 1 unspecified atom stereocenters. The maximum atomic E-state index is 13.6. The van der Waals surface area contributed by atoms with E-state index in [0.29, 0.717) is 6.07 Å². The molecule has 1 atom stereocenters. The van der Waals surface area contributed by atoms with Crippen LogP contribution in [0.4, 0.5) is 8.78 Å². The van der Waals surface area contributed by atoms with E-state index in [0.717, 1.165) is 7.11 Å². The topological polar surface area (TPSA) is 55.8 Å². The summed E-state index contributed by atoms with van der Waals surface area (Å²) in [5, 5.41) is 9.39. The van der Waals surface area contributed by atoms with Gasteiger partial charge in [-0.05, 0) is 13.0 Å². The standard InChI is InChI=1S/C11H11ClF2O4/c1-3-18-11(16)9(15)7-8(14)6(13)4-5(12)10(7)17-2/h4,9,15H,3H2,1-2H3. The molecule has 0 saturated heterocycles. The van der Waals surface area contributed by atoms with E-state index >= 15 is 0 Å². The molecule has 0 spiro atoms. The summed E-state index contributed by atoms with van der Waals surface area (Å²) >= 11 is 5.64. The van der Waals surface area contributed by atoms with E-state index in [1.165, 1.54) is 6.92 Å². The highest BCUT2D eigenvalue weighted by molar-refractivity contribution is 6.32. The third-order valence-corrected chi connectivity index (χ3v) is 2.43. The first-order chi connectivity index (χ1) is 8.43. The van der Waals surface area contributed by atoms with E-state index in [-0.39, 0.29) is 17.4 Å². The van der Waals surface area contributed by atoms with E-state index in [1.54, 1.807) is 0 Å². The van der Waals surface area contributed by atoms with Gasteiger partial charge in [-0.25, -0.2) is 13.6 Å². The normalized spacial score (nSPS) is 12.1. The largest absolute Gasteiger partial charge is 0.495 e. The molecule has 0 bridgehead atoms. The number of carbonyl (C=O) groups excluding carboxylic acids is 1. The first kappa shape index (κ1) is 14.7. The van der Waals surface area contributed by atoms with Crippen molar-refractivity contribution < 1.29 is 28.2 Å². The van der Waals surface area contributed by atoms with Crippen molar-refractivity contribution in [1.29, 1.82) is 0 Å². The third kappa shape index (κ3) is 2.70. The van der Waals surface area contributed by atoms with Gasteiger partial charge in [-0.3, -0.25) is 0 Å². The lowest BCUT2D eigenvalue weighted by Gasteiger charge is -2.16. The molecule has 0 fully saturated rings.